The van der Waals surface area contributed by atoms with Crippen molar-refractivity contribution in [1.29, 1.82) is 0 Å². The second-order valence-electron chi connectivity index (χ2n) is 5.89. The number of amides is 1. The standard InChI is InChI=1S/C19H19FN2OS2/c1-12-9-13(2)17-16(10-12)22(7-8-24-3)19(25-17)21-18(23)14-5-4-6-15(20)11-14/h4-6,9-11H,7-8H2,1-3H3. The van der Waals surface area contributed by atoms with Gasteiger partial charge in [-0.15, -0.1) is 0 Å². The van der Waals surface area contributed by atoms with Gasteiger partial charge in [-0.05, 0) is 55.5 Å². The van der Waals surface area contributed by atoms with Crippen LogP contribution in [0, 0.1) is 19.7 Å². The Hall–Kier alpha value is -1.92. The molecule has 3 aromatic rings. The second-order valence-corrected chi connectivity index (χ2v) is 7.85. The molecule has 25 heavy (non-hydrogen) atoms. The van der Waals surface area contributed by atoms with Gasteiger partial charge in [-0.25, -0.2) is 4.39 Å². The summed E-state index contributed by atoms with van der Waals surface area (Å²) in [5.74, 6) is 0.0811. The van der Waals surface area contributed by atoms with E-state index in [4.69, 9.17) is 0 Å². The molecule has 1 amide bonds. The molecule has 3 nitrogen and oxygen atoms in total. The number of rotatable bonds is 4. The van der Waals surface area contributed by atoms with E-state index in [1.807, 2.05) is 0 Å². The van der Waals surface area contributed by atoms with E-state index in [9.17, 15) is 9.18 Å². The van der Waals surface area contributed by atoms with Gasteiger partial charge in [0.1, 0.15) is 5.82 Å². The Kier molecular flexibility index (Phi) is 5.39. The molecule has 130 valence electrons. The summed E-state index contributed by atoms with van der Waals surface area (Å²) in [5, 5.41) is 0. The summed E-state index contributed by atoms with van der Waals surface area (Å²) < 4.78 is 16.6. The van der Waals surface area contributed by atoms with E-state index in [-0.39, 0.29) is 5.56 Å². The van der Waals surface area contributed by atoms with Crippen LogP contribution < -0.4 is 4.80 Å². The molecule has 1 heterocycles. The molecule has 0 aliphatic heterocycles. The highest BCUT2D eigenvalue weighted by Crippen LogP contribution is 2.23. The molecule has 0 saturated heterocycles. The van der Waals surface area contributed by atoms with Gasteiger partial charge in [0.25, 0.3) is 5.91 Å². The van der Waals surface area contributed by atoms with Gasteiger partial charge in [0.2, 0.25) is 0 Å². The average molecular weight is 375 g/mol. The normalized spacial score (nSPS) is 12.1. The fraction of sp³-hybridized carbons (Fsp3) is 0.263. The molecule has 0 bridgehead atoms. The minimum absolute atomic E-state index is 0.266. The van der Waals surface area contributed by atoms with Crippen LogP contribution in [0.5, 0.6) is 0 Å². The predicted molar refractivity (Wildman–Crippen MR) is 104 cm³/mol. The molecule has 0 spiro atoms. The number of hydrogen-bond acceptors (Lipinski definition) is 3. The molecule has 0 radical (unpaired) electrons. The summed E-state index contributed by atoms with van der Waals surface area (Å²) in [6.45, 7) is 4.92. The second kappa shape index (κ2) is 7.54. The smallest absolute Gasteiger partial charge is 0.279 e. The SMILES string of the molecule is CSCCn1c(=NC(=O)c2cccc(F)c2)sc2c(C)cc(C)cc21. The minimum atomic E-state index is -0.431. The maximum Gasteiger partial charge on any atom is 0.279 e. The number of carbonyl (C=O) groups excluding carboxylic acids is 1. The third kappa shape index (κ3) is 3.85. The monoisotopic (exact) mass is 374 g/mol. The number of fused-ring (bicyclic) bond motifs is 1. The minimum Gasteiger partial charge on any atom is -0.315 e. The Labute approximate surface area is 154 Å². The number of benzene rings is 2. The van der Waals surface area contributed by atoms with Crippen molar-refractivity contribution in [2.75, 3.05) is 12.0 Å². The van der Waals surface area contributed by atoms with Crippen LogP contribution in [0.2, 0.25) is 0 Å². The summed E-state index contributed by atoms with van der Waals surface area (Å²) >= 11 is 3.26. The number of carbonyl (C=O) groups is 1. The first-order valence-electron chi connectivity index (χ1n) is 7.94. The zero-order valence-electron chi connectivity index (χ0n) is 14.4. The molecule has 6 heteroatoms. The summed E-state index contributed by atoms with van der Waals surface area (Å²) in [6.07, 6.45) is 2.06. The van der Waals surface area contributed by atoms with Gasteiger partial charge in [0, 0.05) is 17.9 Å². The molecule has 0 aliphatic rings. The van der Waals surface area contributed by atoms with E-state index in [2.05, 4.69) is 41.8 Å². The topological polar surface area (TPSA) is 34.4 Å². The van der Waals surface area contributed by atoms with E-state index in [0.29, 0.717) is 4.80 Å². The van der Waals surface area contributed by atoms with Crippen LogP contribution in [-0.2, 0) is 6.54 Å². The van der Waals surface area contributed by atoms with Crippen molar-refractivity contribution in [1.82, 2.24) is 4.57 Å². The summed E-state index contributed by atoms with van der Waals surface area (Å²) in [4.78, 5) is 17.4. The number of hydrogen-bond donors (Lipinski definition) is 0. The zero-order chi connectivity index (χ0) is 18.0. The van der Waals surface area contributed by atoms with E-state index in [1.165, 1.54) is 40.7 Å². The van der Waals surface area contributed by atoms with Gasteiger partial charge >= 0.3 is 0 Å². The number of thiazole rings is 1. The van der Waals surface area contributed by atoms with Crippen LogP contribution in [0.25, 0.3) is 10.2 Å². The zero-order valence-corrected chi connectivity index (χ0v) is 16.0. The lowest BCUT2D eigenvalue weighted by atomic mass is 10.1. The molecular weight excluding hydrogens is 355 g/mol. The molecule has 0 fully saturated rings. The summed E-state index contributed by atoms with van der Waals surface area (Å²) in [6, 6.07) is 9.92. The molecule has 0 unspecified atom stereocenters. The Morgan fingerprint density at radius 1 is 1.28 bits per heavy atom. The van der Waals surface area contributed by atoms with Crippen LogP contribution in [-0.4, -0.2) is 22.5 Å². The lowest BCUT2D eigenvalue weighted by Crippen LogP contribution is -2.18. The number of thioether (sulfide) groups is 1. The molecular formula is C19H19FN2OS2. The maximum atomic E-state index is 13.4. The quantitative estimate of drug-likeness (QED) is 0.671. The molecule has 0 aliphatic carbocycles. The van der Waals surface area contributed by atoms with Gasteiger partial charge in [-0.2, -0.15) is 16.8 Å². The summed E-state index contributed by atoms with van der Waals surface area (Å²) in [5.41, 5.74) is 3.73. The van der Waals surface area contributed by atoms with Gasteiger partial charge in [0.15, 0.2) is 4.80 Å². The van der Waals surface area contributed by atoms with Crippen molar-refractivity contribution in [3.63, 3.8) is 0 Å². The van der Waals surface area contributed by atoms with E-state index >= 15 is 0 Å². The van der Waals surface area contributed by atoms with Crippen molar-refractivity contribution >= 4 is 39.2 Å². The molecule has 0 saturated carbocycles. The Morgan fingerprint density at radius 2 is 2.08 bits per heavy atom. The Bertz CT molecular complexity index is 1000. The highest BCUT2D eigenvalue weighted by Gasteiger charge is 2.11. The number of halogens is 1. The van der Waals surface area contributed by atoms with E-state index in [0.717, 1.165) is 22.5 Å². The molecule has 0 N–H and O–H groups in total. The van der Waals surface area contributed by atoms with Crippen molar-refractivity contribution in [2.45, 2.75) is 20.4 Å². The third-order valence-corrected chi connectivity index (χ3v) is 5.72. The maximum absolute atomic E-state index is 13.4. The summed E-state index contributed by atoms with van der Waals surface area (Å²) in [7, 11) is 0. The molecule has 0 atom stereocenters. The lowest BCUT2D eigenvalue weighted by Gasteiger charge is -2.05. The first-order chi connectivity index (χ1) is 12.0. The fourth-order valence-electron chi connectivity index (χ4n) is 2.77. The van der Waals surface area contributed by atoms with E-state index in [1.54, 1.807) is 17.8 Å². The van der Waals surface area contributed by atoms with E-state index < -0.39 is 11.7 Å². The van der Waals surface area contributed by atoms with Gasteiger partial charge < -0.3 is 4.57 Å². The highest BCUT2D eigenvalue weighted by molar-refractivity contribution is 7.98. The van der Waals surface area contributed by atoms with Crippen molar-refractivity contribution in [3.05, 3.63) is 63.7 Å². The molecule has 1 aromatic heterocycles. The number of nitrogens with zero attached hydrogens (tertiary/aromatic N) is 2. The lowest BCUT2D eigenvalue weighted by molar-refractivity contribution is 0.0997. The fourth-order valence-corrected chi connectivity index (χ4v) is 4.24. The third-order valence-electron chi connectivity index (χ3n) is 3.90. The van der Waals surface area contributed by atoms with Crippen molar-refractivity contribution in [2.24, 2.45) is 4.99 Å². The van der Waals surface area contributed by atoms with Crippen LogP contribution in [0.1, 0.15) is 21.5 Å². The van der Waals surface area contributed by atoms with Crippen LogP contribution >= 0.6 is 23.1 Å². The highest BCUT2D eigenvalue weighted by atomic mass is 32.2. The van der Waals surface area contributed by atoms with Gasteiger partial charge in [-0.3, -0.25) is 4.79 Å². The first-order valence-corrected chi connectivity index (χ1v) is 10.1. The van der Waals surface area contributed by atoms with Crippen molar-refractivity contribution < 1.29 is 9.18 Å². The molecule has 2 aromatic carbocycles. The van der Waals surface area contributed by atoms with Gasteiger partial charge in [-0.1, -0.05) is 23.5 Å². The molecule has 3 rings (SSSR count). The largest absolute Gasteiger partial charge is 0.315 e. The van der Waals surface area contributed by atoms with Crippen LogP contribution in [0.3, 0.4) is 0 Å². The predicted octanol–water partition coefficient (Wildman–Crippen LogP) is 4.56. The number of aryl methyl sites for hydroxylation is 3. The first kappa shape index (κ1) is 17.9. The van der Waals surface area contributed by atoms with Crippen LogP contribution in [0.4, 0.5) is 4.39 Å². The Morgan fingerprint density at radius 3 is 2.80 bits per heavy atom. The van der Waals surface area contributed by atoms with Gasteiger partial charge in [0.05, 0.1) is 10.2 Å². The van der Waals surface area contributed by atoms with Crippen molar-refractivity contribution in [3.8, 4) is 0 Å². The average Bonchev–Trinajstić information content (AvgIpc) is 2.90. The number of aromatic nitrogens is 1. The Balaban J connectivity index is 2.17. The van der Waals surface area contributed by atoms with Crippen LogP contribution in [0.15, 0.2) is 41.4 Å².